The van der Waals surface area contributed by atoms with Crippen LogP contribution in [0, 0.1) is 10.1 Å². The van der Waals surface area contributed by atoms with Crippen molar-refractivity contribution in [2.75, 3.05) is 38.3 Å². The molecule has 4 aromatic carbocycles. The summed E-state index contributed by atoms with van der Waals surface area (Å²) in [5, 5.41) is 14.6. The highest BCUT2D eigenvalue weighted by atomic mass is 31.2. The smallest absolute Gasteiger partial charge is 0.277 e. The molecular weight excluding hydrogens is 609 g/mol. The molecule has 2 aliphatic heterocycles. The zero-order valence-corrected chi connectivity index (χ0v) is 28.0. The van der Waals surface area contributed by atoms with Crippen LogP contribution in [-0.4, -0.2) is 53.4 Å². The van der Waals surface area contributed by atoms with E-state index < -0.39 is 18.0 Å². The quantitative estimate of drug-likeness (QED) is 0.106. The normalized spacial score (nSPS) is 18.4. The van der Waals surface area contributed by atoms with Gasteiger partial charge < -0.3 is 14.2 Å². The van der Waals surface area contributed by atoms with E-state index in [0.717, 1.165) is 39.5 Å². The van der Waals surface area contributed by atoms with E-state index in [4.69, 9.17) is 9.48 Å². The number of amides is 1. The second-order valence-electron chi connectivity index (χ2n) is 12.6. The Morgan fingerprint density at radius 1 is 0.957 bits per heavy atom. The number of hydrogen-bond acceptors (Lipinski definition) is 5. The molecule has 47 heavy (non-hydrogen) atoms. The van der Waals surface area contributed by atoms with Crippen LogP contribution in [0.15, 0.2) is 107 Å². The molecule has 2 aliphatic rings. The van der Waals surface area contributed by atoms with E-state index in [0.29, 0.717) is 31.9 Å². The molecule has 0 radical (unpaired) electrons. The number of nitrogens with zero attached hydrogens (tertiary/aromatic N) is 5. The lowest BCUT2D eigenvalue weighted by Crippen LogP contribution is -2.37. The maximum Gasteiger partial charge on any atom is 0.277 e. The van der Waals surface area contributed by atoms with Crippen LogP contribution in [0.4, 0.5) is 11.4 Å². The lowest BCUT2D eigenvalue weighted by Gasteiger charge is -2.39. The van der Waals surface area contributed by atoms with Gasteiger partial charge in [-0.25, -0.2) is 4.74 Å². The third-order valence-electron chi connectivity index (χ3n) is 9.68. The summed E-state index contributed by atoms with van der Waals surface area (Å²) in [6, 6.07) is 29.2. The van der Waals surface area contributed by atoms with Gasteiger partial charge in [-0.05, 0) is 60.8 Å². The Morgan fingerprint density at radius 2 is 1.64 bits per heavy atom. The van der Waals surface area contributed by atoms with E-state index in [1.807, 2.05) is 0 Å². The highest BCUT2D eigenvalue weighted by Gasteiger charge is 2.42. The monoisotopic (exact) mass is 647 g/mol. The number of fused-ring (bicyclic) bond motifs is 4. The third-order valence-corrected chi connectivity index (χ3v) is 13.1. The number of nitro benzene ring substituents is 1. The molecule has 0 N–H and O–H groups in total. The maximum absolute atomic E-state index is 14.3. The number of hydrogen-bond donors (Lipinski definition) is 0. The maximum atomic E-state index is 14.3. The van der Waals surface area contributed by atoms with Crippen LogP contribution >= 0.6 is 7.21 Å². The number of carbonyl (C=O) groups excluding carboxylic acids is 1. The van der Waals surface area contributed by atoms with Gasteiger partial charge >= 0.3 is 0 Å². The van der Waals surface area contributed by atoms with Gasteiger partial charge in [-0.3, -0.25) is 19.6 Å². The number of likely N-dealkylation sites (N-methyl/N-ethyl adjacent to an activating group) is 1. The first-order valence-corrected chi connectivity index (χ1v) is 17.7. The van der Waals surface area contributed by atoms with Gasteiger partial charge in [-0.1, -0.05) is 50.2 Å². The van der Waals surface area contributed by atoms with Gasteiger partial charge in [-0.2, -0.15) is 0 Å². The molecule has 0 bridgehead atoms. The summed E-state index contributed by atoms with van der Waals surface area (Å²) in [6.07, 6.45) is 0. The highest BCUT2D eigenvalue weighted by Crippen LogP contribution is 2.59. The molecule has 0 spiro atoms. The summed E-state index contributed by atoms with van der Waals surface area (Å²) in [7, 11) is -0.884. The van der Waals surface area contributed by atoms with Gasteiger partial charge in [0.05, 0.1) is 25.3 Å². The van der Waals surface area contributed by atoms with Crippen molar-refractivity contribution in [2.24, 2.45) is 4.74 Å². The van der Waals surface area contributed by atoms with E-state index >= 15 is 0 Å². The number of ether oxygens (including phenoxy) is 1. The molecule has 3 heterocycles. The average Bonchev–Trinajstić information content (AvgIpc) is 3.52. The minimum absolute atomic E-state index is 0.0669. The zero-order valence-electron chi connectivity index (χ0n) is 27.1. The van der Waals surface area contributed by atoms with E-state index in [9.17, 15) is 14.9 Å². The van der Waals surface area contributed by atoms with Gasteiger partial charge in [0.25, 0.3) is 11.6 Å². The topological polar surface area (TPSA) is 93.2 Å². The van der Waals surface area contributed by atoms with Crippen LogP contribution in [0.3, 0.4) is 0 Å². The molecule has 10 heteroatoms. The number of carbonyl (C=O) groups is 1. The van der Waals surface area contributed by atoms with Gasteiger partial charge in [0.15, 0.2) is 0 Å². The fraction of sp³-hybridized carbons (Fsp3) is 0.270. The Bertz CT molecular complexity index is 2130. The van der Waals surface area contributed by atoms with Crippen molar-refractivity contribution < 1.29 is 14.5 Å². The van der Waals surface area contributed by atoms with Crippen LogP contribution in [0.25, 0.3) is 21.8 Å². The summed E-state index contributed by atoms with van der Waals surface area (Å²) in [6.45, 7) is 9.73. The summed E-state index contributed by atoms with van der Waals surface area (Å²) in [4.78, 5) is 27.5. The first-order valence-electron chi connectivity index (χ1n) is 16.0. The molecule has 5 aromatic rings. The number of non-ortho nitro benzene ring substituents is 1. The molecule has 1 aromatic heterocycles. The molecule has 1 amide bonds. The lowest BCUT2D eigenvalue weighted by atomic mass is 9.84. The summed E-state index contributed by atoms with van der Waals surface area (Å²) >= 11 is 0. The predicted molar refractivity (Wildman–Crippen MR) is 190 cm³/mol. The number of aromatic nitrogens is 1. The number of rotatable bonds is 6. The number of nitro groups is 1. The first-order chi connectivity index (χ1) is 22.7. The fourth-order valence-corrected chi connectivity index (χ4v) is 10.8. The average molecular weight is 648 g/mol. The standard InChI is InChI=1S/C37H38N5O4P/c1-5-41-32-12-8-6-10-29(32)30-24-28(18-19-33(30)41)47(40-20-22-46-23-21-40,38-36(43)26-14-16-27(17-15-26)42(44)45)25-35-37(2,3)31-11-7-9-13-34(31)39(35)4/h6-19,24-25H,5,20-23H2,1-4H3/b35-25-/t47-/m1/s1. The van der Waals surface area contributed by atoms with Crippen molar-refractivity contribution in [3.05, 3.63) is 124 Å². The van der Waals surface area contributed by atoms with Gasteiger partial charge in [-0.15, -0.1) is 0 Å². The second kappa shape index (κ2) is 11.9. The molecular formula is C37H38N5O4P. The summed E-state index contributed by atoms with van der Waals surface area (Å²) in [5.74, 6) is 1.88. The Balaban J connectivity index is 1.54. The summed E-state index contributed by atoms with van der Waals surface area (Å²) in [5.41, 5.74) is 5.63. The van der Waals surface area contributed by atoms with Crippen molar-refractivity contribution in [1.82, 2.24) is 9.24 Å². The van der Waals surface area contributed by atoms with Crippen molar-refractivity contribution in [1.29, 1.82) is 0 Å². The van der Waals surface area contributed by atoms with Gasteiger partial charge in [0, 0.05) is 88.3 Å². The fourth-order valence-electron chi connectivity index (χ4n) is 7.24. The van der Waals surface area contributed by atoms with Crippen molar-refractivity contribution >= 4 is 51.6 Å². The van der Waals surface area contributed by atoms with E-state index in [-0.39, 0.29) is 11.1 Å². The van der Waals surface area contributed by atoms with Crippen LogP contribution in [0.5, 0.6) is 0 Å². The first kappa shape index (κ1) is 31.1. The van der Waals surface area contributed by atoms with Crippen molar-refractivity contribution in [3.63, 3.8) is 0 Å². The molecule has 0 aliphatic carbocycles. The Kier molecular flexibility index (Phi) is 7.87. The van der Waals surface area contributed by atoms with Gasteiger partial charge in [0.1, 0.15) is 0 Å². The highest BCUT2D eigenvalue weighted by molar-refractivity contribution is 7.75. The zero-order chi connectivity index (χ0) is 32.9. The number of benzene rings is 4. The Labute approximate surface area is 274 Å². The predicted octanol–water partition coefficient (Wildman–Crippen LogP) is 7.91. The summed E-state index contributed by atoms with van der Waals surface area (Å²) < 4.78 is 15.8. The molecule has 1 atom stereocenters. The molecule has 7 rings (SSSR count). The van der Waals surface area contributed by atoms with E-state index in [1.165, 1.54) is 35.3 Å². The lowest BCUT2D eigenvalue weighted by molar-refractivity contribution is -0.384. The van der Waals surface area contributed by atoms with Crippen molar-refractivity contribution in [2.45, 2.75) is 32.7 Å². The van der Waals surface area contributed by atoms with Crippen LogP contribution in [0.1, 0.15) is 36.7 Å². The van der Waals surface area contributed by atoms with Crippen molar-refractivity contribution in [3.8, 4) is 0 Å². The molecule has 0 unspecified atom stereocenters. The number of morpholine rings is 1. The molecule has 240 valence electrons. The second-order valence-corrected chi connectivity index (χ2v) is 15.4. The largest absolute Gasteiger partial charge is 0.379 e. The molecule has 0 saturated carbocycles. The van der Waals surface area contributed by atoms with Gasteiger partial charge in [0.2, 0.25) is 0 Å². The third kappa shape index (κ3) is 5.10. The molecule has 1 fully saturated rings. The Hall–Kier alpha value is -4.56. The number of allylic oxidation sites excluding steroid dienone is 1. The SMILES string of the molecule is CCn1c2ccccc2c2cc([P@](/C=C3\N(C)c4ccccc4C3(C)C)(=NC(=O)c3ccc([N+](=O)[O-])cc3)N3CCOCC3)ccc21. The van der Waals surface area contributed by atoms with Crippen LogP contribution < -0.4 is 10.2 Å². The van der Waals surface area contributed by atoms with Crippen LogP contribution in [0.2, 0.25) is 0 Å². The number of para-hydroxylation sites is 2. The number of anilines is 1. The number of aryl methyl sites for hydroxylation is 1. The molecule has 9 nitrogen and oxygen atoms in total. The minimum Gasteiger partial charge on any atom is -0.379 e. The van der Waals surface area contributed by atoms with E-state index in [1.54, 1.807) is 0 Å². The minimum atomic E-state index is -2.97. The Morgan fingerprint density at radius 3 is 2.34 bits per heavy atom. The van der Waals surface area contributed by atoms with E-state index in [2.05, 4.69) is 115 Å². The molecule has 1 saturated heterocycles. The van der Waals surface area contributed by atoms with Crippen LogP contribution in [-0.2, 0) is 16.7 Å².